The van der Waals surface area contributed by atoms with E-state index in [2.05, 4.69) is 205 Å². The first-order chi connectivity index (χ1) is 24.4. The molecule has 2 heteroatoms. The van der Waals surface area contributed by atoms with Crippen molar-refractivity contribution in [3.63, 3.8) is 0 Å². The second-order valence-corrected chi connectivity index (χ2v) is 21.4. The highest BCUT2D eigenvalue weighted by Crippen LogP contribution is 2.50. The van der Waals surface area contributed by atoms with Crippen LogP contribution in [0.5, 0.6) is 0 Å². The van der Waals surface area contributed by atoms with E-state index in [-0.39, 0.29) is 27.1 Å². The van der Waals surface area contributed by atoms with Crippen LogP contribution in [0.15, 0.2) is 78.9 Å². The van der Waals surface area contributed by atoms with Crippen LogP contribution in [0.25, 0.3) is 50.2 Å². The minimum atomic E-state index is -0.154. The Hall–Kier alpha value is -4.04. The molecule has 0 fully saturated rings. The molecule has 1 aliphatic carbocycles. The predicted molar refractivity (Wildman–Crippen MR) is 233 cm³/mol. The molecule has 2 nitrogen and oxygen atoms in total. The molecule has 4 aromatic carbocycles. The van der Waals surface area contributed by atoms with Crippen molar-refractivity contribution in [3.05, 3.63) is 112 Å². The van der Waals surface area contributed by atoms with Crippen molar-refractivity contribution >= 4 is 38.8 Å². The van der Waals surface area contributed by atoms with Gasteiger partial charge in [0.05, 0.1) is 33.6 Å². The lowest BCUT2D eigenvalue weighted by Gasteiger charge is -2.36. The number of rotatable bonds is 2. The van der Waals surface area contributed by atoms with Gasteiger partial charge in [-0.05, 0) is 116 Å². The predicted octanol–water partition coefficient (Wildman–Crippen LogP) is 14.7. The van der Waals surface area contributed by atoms with E-state index in [9.17, 15) is 0 Å². The Morgan fingerprint density at radius 1 is 0.472 bits per heavy atom. The molecule has 0 amide bonds. The zero-order chi connectivity index (χ0) is 38.8. The zero-order valence-electron chi connectivity index (χ0n) is 35.6. The molecule has 0 radical (unpaired) electrons. The molecule has 0 aliphatic heterocycles. The Morgan fingerprint density at radius 2 is 0.887 bits per heavy atom. The molecule has 1 aliphatic rings. The van der Waals surface area contributed by atoms with Crippen LogP contribution in [0.3, 0.4) is 0 Å². The van der Waals surface area contributed by atoms with E-state index in [1.807, 2.05) is 0 Å². The van der Waals surface area contributed by atoms with Gasteiger partial charge in [0.15, 0.2) is 0 Å². The molecule has 278 valence electrons. The van der Waals surface area contributed by atoms with Crippen LogP contribution in [0.4, 0.5) is 0 Å². The standard InChI is InChI=1S/C51H64N2/c1-31-38(50(11,12)13)23-27-42-45(31)37-30-34(49(8,9)10)22-26-41(37)53(42)44-19-17-18-43(46(44)51(14,15)16)52-39-24-20-32(47(2,3)4)28-35(39)36-29-33(48(5,6)7)21-25-40(36)52/h17-31,38H,1-16H3. The summed E-state index contributed by atoms with van der Waals surface area (Å²) in [5.41, 5.74) is 14.8. The van der Waals surface area contributed by atoms with Crippen molar-refractivity contribution in [2.24, 2.45) is 11.3 Å². The summed E-state index contributed by atoms with van der Waals surface area (Å²) < 4.78 is 5.17. The molecule has 0 spiro atoms. The summed E-state index contributed by atoms with van der Waals surface area (Å²) in [6.45, 7) is 37.7. The molecule has 7 rings (SSSR count). The molecule has 53 heavy (non-hydrogen) atoms. The largest absolute Gasteiger partial charge is 0.309 e. The SMILES string of the molecule is CC1c2c(n(-c3cccc(-n4c5ccc(C(C)(C)C)cc5c5cc(C(C)(C)C)ccc54)c3C(C)(C)C)c3ccc(C(C)(C)C)cc23)C=CC1C(C)(C)C. The van der Waals surface area contributed by atoms with Crippen LogP contribution in [-0.4, -0.2) is 9.13 Å². The molecule has 2 unspecified atom stereocenters. The van der Waals surface area contributed by atoms with Gasteiger partial charge in [-0.25, -0.2) is 0 Å². The first kappa shape index (κ1) is 37.3. The maximum Gasteiger partial charge on any atom is 0.0541 e. The summed E-state index contributed by atoms with van der Waals surface area (Å²) in [6.07, 6.45) is 4.95. The summed E-state index contributed by atoms with van der Waals surface area (Å²) >= 11 is 0. The Balaban J connectivity index is 1.60. The normalized spacial score (nSPS) is 17.4. The topological polar surface area (TPSA) is 9.86 Å². The van der Waals surface area contributed by atoms with E-state index in [0.717, 1.165) is 0 Å². The van der Waals surface area contributed by atoms with Gasteiger partial charge in [0.1, 0.15) is 0 Å². The molecular formula is C51H64N2. The van der Waals surface area contributed by atoms with E-state index in [1.54, 1.807) is 0 Å². The lowest BCUT2D eigenvalue weighted by Crippen LogP contribution is -2.26. The van der Waals surface area contributed by atoms with Crippen LogP contribution >= 0.6 is 0 Å². The minimum absolute atomic E-state index is 0.0544. The molecule has 0 saturated heterocycles. The van der Waals surface area contributed by atoms with E-state index < -0.39 is 0 Å². The maximum atomic E-state index is 2.61. The van der Waals surface area contributed by atoms with Crippen LogP contribution in [-0.2, 0) is 21.7 Å². The van der Waals surface area contributed by atoms with Crippen LogP contribution in [0, 0.1) is 11.3 Å². The highest BCUT2D eigenvalue weighted by Gasteiger charge is 2.37. The monoisotopic (exact) mass is 705 g/mol. The van der Waals surface area contributed by atoms with Gasteiger partial charge >= 0.3 is 0 Å². The van der Waals surface area contributed by atoms with Crippen molar-refractivity contribution < 1.29 is 0 Å². The number of hydrogen-bond acceptors (Lipinski definition) is 0. The number of allylic oxidation sites excluding steroid dienone is 1. The summed E-state index contributed by atoms with van der Waals surface area (Å²) in [4.78, 5) is 0. The third-order valence-corrected chi connectivity index (χ3v) is 12.1. The lowest BCUT2D eigenvalue weighted by atomic mass is 9.68. The fourth-order valence-electron chi connectivity index (χ4n) is 9.17. The molecule has 0 saturated carbocycles. The molecule has 2 atom stereocenters. The van der Waals surface area contributed by atoms with E-state index in [4.69, 9.17) is 0 Å². The number of nitrogens with zero attached hydrogens (tertiary/aromatic N) is 2. The maximum absolute atomic E-state index is 2.61. The fraction of sp³-hybridized carbons (Fsp3) is 0.451. The van der Waals surface area contributed by atoms with Crippen LogP contribution in [0.2, 0.25) is 0 Å². The number of aromatic nitrogens is 2. The van der Waals surface area contributed by atoms with E-state index in [0.29, 0.717) is 11.8 Å². The molecular weight excluding hydrogens is 641 g/mol. The first-order valence-electron chi connectivity index (χ1n) is 20.0. The van der Waals surface area contributed by atoms with Gasteiger partial charge < -0.3 is 9.13 Å². The highest BCUT2D eigenvalue weighted by atomic mass is 15.0. The van der Waals surface area contributed by atoms with Gasteiger partial charge in [0.25, 0.3) is 0 Å². The van der Waals surface area contributed by atoms with Gasteiger partial charge in [-0.15, -0.1) is 0 Å². The van der Waals surface area contributed by atoms with Gasteiger partial charge in [0, 0.05) is 21.7 Å². The molecule has 0 bridgehead atoms. The summed E-state index contributed by atoms with van der Waals surface area (Å²) in [5, 5.41) is 4.05. The van der Waals surface area contributed by atoms with Gasteiger partial charge in [-0.1, -0.05) is 141 Å². The zero-order valence-corrected chi connectivity index (χ0v) is 35.6. The molecule has 2 aromatic heterocycles. The summed E-state index contributed by atoms with van der Waals surface area (Å²) in [5.74, 6) is 0.843. The Labute approximate surface area is 320 Å². The average Bonchev–Trinajstić information content (AvgIpc) is 3.54. The van der Waals surface area contributed by atoms with Crippen molar-refractivity contribution in [2.75, 3.05) is 0 Å². The molecule has 6 aromatic rings. The van der Waals surface area contributed by atoms with Crippen molar-refractivity contribution in [1.29, 1.82) is 0 Å². The smallest absolute Gasteiger partial charge is 0.0541 e. The second kappa shape index (κ2) is 12.0. The Kier molecular flexibility index (Phi) is 8.43. The molecule has 2 heterocycles. The number of benzene rings is 4. The van der Waals surface area contributed by atoms with Crippen LogP contribution in [0.1, 0.15) is 150 Å². The highest BCUT2D eigenvalue weighted by molar-refractivity contribution is 6.10. The van der Waals surface area contributed by atoms with Gasteiger partial charge in [0.2, 0.25) is 0 Å². The quantitative estimate of drug-likeness (QED) is 0.170. The summed E-state index contributed by atoms with van der Waals surface area (Å²) in [6, 6.07) is 28.7. The lowest BCUT2D eigenvalue weighted by molar-refractivity contribution is 0.259. The van der Waals surface area contributed by atoms with E-state index in [1.165, 1.54) is 77.6 Å². The number of hydrogen-bond donors (Lipinski definition) is 0. The van der Waals surface area contributed by atoms with Crippen LogP contribution < -0.4 is 0 Å². The Bertz CT molecular complexity index is 2350. The van der Waals surface area contributed by atoms with Gasteiger partial charge in [-0.2, -0.15) is 0 Å². The third-order valence-electron chi connectivity index (χ3n) is 12.1. The third kappa shape index (κ3) is 6.19. The fourth-order valence-corrected chi connectivity index (χ4v) is 9.17. The minimum Gasteiger partial charge on any atom is -0.309 e. The van der Waals surface area contributed by atoms with E-state index >= 15 is 0 Å². The molecule has 0 N–H and O–H groups in total. The van der Waals surface area contributed by atoms with Crippen molar-refractivity contribution in [3.8, 4) is 11.4 Å². The first-order valence-corrected chi connectivity index (χ1v) is 20.0. The van der Waals surface area contributed by atoms with Crippen molar-refractivity contribution in [2.45, 2.75) is 138 Å². The number of fused-ring (bicyclic) bond motifs is 6. The second-order valence-electron chi connectivity index (χ2n) is 21.4. The van der Waals surface area contributed by atoms with Crippen molar-refractivity contribution in [1.82, 2.24) is 9.13 Å². The Morgan fingerprint density at radius 3 is 1.30 bits per heavy atom. The summed E-state index contributed by atoms with van der Waals surface area (Å²) in [7, 11) is 0. The average molecular weight is 705 g/mol. The van der Waals surface area contributed by atoms with Gasteiger partial charge in [-0.3, -0.25) is 0 Å².